The van der Waals surface area contributed by atoms with E-state index in [9.17, 15) is 4.79 Å². The van der Waals surface area contributed by atoms with Gasteiger partial charge in [0, 0.05) is 5.56 Å². The second kappa shape index (κ2) is 3.65. The zero-order valence-corrected chi connectivity index (χ0v) is 8.06. The molecule has 0 bridgehead atoms. The van der Waals surface area contributed by atoms with E-state index in [0.717, 1.165) is 0 Å². The zero-order chi connectivity index (χ0) is 9.14. The molecule has 12 heavy (non-hydrogen) atoms. The van der Waals surface area contributed by atoms with Crippen molar-refractivity contribution < 1.29 is 4.79 Å². The molecule has 0 atom stereocenters. The van der Waals surface area contributed by atoms with Crippen LogP contribution in [-0.2, 0) is 0 Å². The van der Waals surface area contributed by atoms with E-state index >= 15 is 0 Å². The number of nitrogens with zero attached hydrogens (tertiary/aromatic N) is 2. The van der Waals surface area contributed by atoms with Crippen molar-refractivity contribution in [3.05, 3.63) is 28.0 Å². The van der Waals surface area contributed by atoms with Gasteiger partial charge in [-0.2, -0.15) is 5.26 Å². The number of halogens is 2. The SMILES string of the molecule is N#Cc1cc(C(=O)Cl)cc(Br)n1. The fourth-order valence-corrected chi connectivity index (χ4v) is 1.21. The minimum Gasteiger partial charge on any atom is -0.276 e. The molecule has 5 heteroatoms. The van der Waals surface area contributed by atoms with Gasteiger partial charge in [-0.25, -0.2) is 4.98 Å². The molecule has 1 heterocycles. The number of aromatic nitrogens is 1. The number of carbonyl (C=O) groups excluding carboxylic acids is 1. The molecule has 1 aromatic rings. The largest absolute Gasteiger partial charge is 0.276 e. The Hall–Kier alpha value is -0.920. The number of pyridine rings is 1. The predicted octanol–water partition coefficient (Wildman–Crippen LogP) is 2.09. The van der Waals surface area contributed by atoms with Crippen molar-refractivity contribution in [1.82, 2.24) is 4.98 Å². The molecular weight excluding hydrogens is 243 g/mol. The maximum Gasteiger partial charge on any atom is 0.252 e. The van der Waals surface area contributed by atoms with Crippen molar-refractivity contribution in [1.29, 1.82) is 5.26 Å². The number of rotatable bonds is 1. The summed E-state index contributed by atoms with van der Waals surface area (Å²) in [6.07, 6.45) is 0. The van der Waals surface area contributed by atoms with Crippen LogP contribution in [0, 0.1) is 11.3 Å². The molecule has 0 aliphatic heterocycles. The molecule has 0 aliphatic carbocycles. The fraction of sp³-hybridized carbons (Fsp3) is 0. The topological polar surface area (TPSA) is 53.8 Å². The van der Waals surface area contributed by atoms with Crippen LogP contribution >= 0.6 is 27.5 Å². The third-order valence-corrected chi connectivity index (χ3v) is 1.76. The first-order valence-electron chi connectivity index (χ1n) is 2.91. The highest BCUT2D eigenvalue weighted by Gasteiger charge is 2.05. The third-order valence-electron chi connectivity index (χ3n) is 1.14. The minimum absolute atomic E-state index is 0.161. The molecule has 0 saturated carbocycles. The van der Waals surface area contributed by atoms with Crippen LogP contribution in [0.3, 0.4) is 0 Å². The lowest BCUT2D eigenvalue weighted by Gasteiger charge is -1.94. The lowest BCUT2D eigenvalue weighted by atomic mass is 10.2. The highest BCUT2D eigenvalue weighted by molar-refractivity contribution is 9.10. The van der Waals surface area contributed by atoms with Crippen LogP contribution in [0.15, 0.2) is 16.7 Å². The Morgan fingerprint density at radius 1 is 1.67 bits per heavy atom. The average molecular weight is 245 g/mol. The summed E-state index contributed by atoms with van der Waals surface area (Å²) in [5.41, 5.74) is 0.420. The van der Waals surface area contributed by atoms with Gasteiger partial charge in [-0.15, -0.1) is 0 Å². The van der Waals surface area contributed by atoms with Crippen LogP contribution in [0.4, 0.5) is 0 Å². The third kappa shape index (κ3) is 2.03. The molecule has 1 rings (SSSR count). The monoisotopic (exact) mass is 244 g/mol. The van der Waals surface area contributed by atoms with Gasteiger partial charge in [0.05, 0.1) is 0 Å². The summed E-state index contributed by atoms with van der Waals surface area (Å²) in [7, 11) is 0. The molecule has 0 fully saturated rings. The number of hydrogen-bond acceptors (Lipinski definition) is 3. The normalized spacial score (nSPS) is 9.08. The summed E-state index contributed by atoms with van der Waals surface area (Å²) < 4.78 is 0.422. The highest BCUT2D eigenvalue weighted by Crippen LogP contribution is 2.12. The Morgan fingerprint density at radius 3 is 2.83 bits per heavy atom. The zero-order valence-electron chi connectivity index (χ0n) is 5.71. The van der Waals surface area contributed by atoms with E-state index in [1.165, 1.54) is 12.1 Å². The van der Waals surface area contributed by atoms with Crippen molar-refractivity contribution in [2.45, 2.75) is 0 Å². The van der Waals surface area contributed by atoms with Gasteiger partial charge < -0.3 is 0 Å². The Balaban J connectivity index is 3.26. The Kier molecular flexibility index (Phi) is 2.79. The number of nitriles is 1. The molecule has 1 aromatic heterocycles. The van der Waals surface area contributed by atoms with E-state index in [4.69, 9.17) is 16.9 Å². The van der Waals surface area contributed by atoms with Crippen molar-refractivity contribution >= 4 is 32.8 Å². The molecule has 60 valence electrons. The average Bonchev–Trinajstić information content (AvgIpc) is 2.03. The van der Waals surface area contributed by atoms with E-state index in [2.05, 4.69) is 20.9 Å². The molecule has 0 radical (unpaired) electrons. The van der Waals surface area contributed by atoms with E-state index in [1.54, 1.807) is 0 Å². The molecule has 0 N–H and O–H groups in total. The predicted molar refractivity (Wildman–Crippen MR) is 46.8 cm³/mol. The van der Waals surface area contributed by atoms with Crippen LogP contribution < -0.4 is 0 Å². The molecular formula is C7H2BrClN2O. The quantitative estimate of drug-likeness (QED) is 0.562. The van der Waals surface area contributed by atoms with Crippen LogP contribution in [0.1, 0.15) is 16.1 Å². The van der Waals surface area contributed by atoms with Crippen molar-refractivity contribution in [2.75, 3.05) is 0 Å². The molecule has 3 nitrogen and oxygen atoms in total. The second-order valence-corrected chi connectivity index (χ2v) is 3.11. The summed E-state index contributed by atoms with van der Waals surface area (Å²) in [6.45, 7) is 0. The van der Waals surface area contributed by atoms with Gasteiger partial charge in [-0.3, -0.25) is 4.79 Å². The Morgan fingerprint density at radius 2 is 2.33 bits per heavy atom. The molecule has 0 amide bonds. The Labute approximate surface area is 82.1 Å². The summed E-state index contributed by atoms with van der Waals surface area (Å²) in [4.78, 5) is 14.5. The molecule has 0 aromatic carbocycles. The minimum atomic E-state index is -0.602. The summed E-state index contributed by atoms with van der Waals surface area (Å²) in [6, 6.07) is 4.60. The van der Waals surface area contributed by atoms with Gasteiger partial charge in [0.15, 0.2) is 0 Å². The standard InChI is InChI=1S/C7H2BrClN2O/c8-6-2-4(7(9)12)1-5(3-10)11-6/h1-2H. The van der Waals surface area contributed by atoms with Gasteiger partial charge in [0.25, 0.3) is 5.24 Å². The van der Waals surface area contributed by atoms with Crippen molar-refractivity contribution in [2.24, 2.45) is 0 Å². The summed E-state index contributed by atoms with van der Waals surface area (Å²) in [5.74, 6) is 0. The fourth-order valence-electron chi connectivity index (χ4n) is 0.668. The van der Waals surface area contributed by atoms with Crippen LogP contribution in [0.25, 0.3) is 0 Å². The van der Waals surface area contributed by atoms with Crippen molar-refractivity contribution in [3.8, 4) is 6.07 Å². The van der Waals surface area contributed by atoms with Crippen LogP contribution in [0.5, 0.6) is 0 Å². The van der Waals surface area contributed by atoms with E-state index in [0.29, 0.717) is 4.60 Å². The highest BCUT2D eigenvalue weighted by atomic mass is 79.9. The maximum atomic E-state index is 10.7. The van der Waals surface area contributed by atoms with E-state index in [1.807, 2.05) is 6.07 Å². The van der Waals surface area contributed by atoms with Crippen LogP contribution in [0.2, 0.25) is 0 Å². The van der Waals surface area contributed by atoms with Gasteiger partial charge >= 0.3 is 0 Å². The van der Waals surface area contributed by atoms with Gasteiger partial charge in [0.2, 0.25) is 0 Å². The van der Waals surface area contributed by atoms with Gasteiger partial charge in [-0.05, 0) is 39.7 Å². The van der Waals surface area contributed by atoms with Crippen molar-refractivity contribution in [3.63, 3.8) is 0 Å². The summed E-state index contributed by atoms with van der Waals surface area (Å²) in [5, 5.41) is 7.88. The lowest BCUT2D eigenvalue weighted by Crippen LogP contribution is -1.92. The molecule has 0 saturated heterocycles. The Bertz CT molecular complexity index is 372. The maximum absolute atomic E-state index is 10.7. The first-order chi connectivity index (χ1) is 5.63. The second-order valence-electron chi connectivity index (χ2n) is 1.95. The van der Waals surface area contributed by atoms with Crippen LogP contribution in [-0.4, -0.2) is 10.2 Å². The molecule has 0 spiro atoms. The smallest absolute Gasteiger partial charge is 0.252 e. The first kappa shape index (κ1) is 9.17. The summed E-state index contributed by atoms with van der Waals surface area (Å²) >= 11 is 8.26. The van der Waals surface area contributed by atoms with E-state index < -0.39 is 5.24 Å². The first-order valence-corrected chi connectivity index (χ1v) is 4.08. The number of carbonyl (C=O) groups is 1. The number of hydrogen-bond donors (Lipinski definition) is 0. The van der Waals surface area contributed by atoms with Gasteiger partial charge in [-0.1, -0.05) is 0 Å². The molecule has 0 unspecified atom stereocenters. The molecule has 0 aliphatic rings. The lowest BCUT2D eigenvalue weighted by molar-refractivity contribution is 0.108. The van der Waals surface area contributed by atoms with Gasteiger partial charge in [0.1, 0.15) is 16.4 Å². The van der Waals surface area contributed by atoms with E-state index in [-0.39, 0.29) is 11.3 Å².